The van der Waals surface area contributed by atoms with Gasteiger partial charge in [-0.1, -0.05) is 6.07 Å². The number of ether oxygens (including phenoxy) is 2. The highest BCUT2D eigenvalue weighted by Gasteiger charge is 2.24. The Morgan fingerprint density at radius 3 is 3.05 bits per heavy atom. The van der Waals surface area contributed by atoms with Crippen molar-refractivity contribution in [2.75, 3.05) is 41.0 Å². The minimum atomic E-state index is 0.587. The molecule has 1 saturated heterocycles. The van der Waals surface area contributed by atoms with Gasteiger partial charge >= 0.3 is 0 Å². The molecule has 1 aromatic rings. The summed E-state index contributed by atoms with van der Waals surface area (Å²) >= 11 is 0. The second-order valence-corrected chi connectivity index (χ2v) is 5.13. The fourth-order valence-electron chi connectivity index (χ4n) is 2.57. The van der Waals surface area contributed by atoms with E-state index in [1.807, 2.05) is 25.2 Å². The number of rotatable bonds is 5. The van der Waals surface area contributed by atoms with Crippen molar-refractivity contribution in [3.63, 3.8) is 0 Å². The Morgan fingerprint density at radius 1 is 1.48 bits per heavy atom. The van der Waals surface area contributed by atoms with E-state index >= 15 is 0 Å². The predicted molar refractivity (Wildman–Crippen MR) is 82.5 cm³/mol. The zero-order valence-electron chi connectivity index (χ0n) is 13.0. The van der Waals surface area contributed by atoms with E-state index < -0.39 is 0 Å². The van der Waals surface area contributed by atoms with E-state index in [0.717, 1.165) is 37.8 Å². The first-order chi connectivity index (χ1) is 10.3. The number of guanidine groups is 1. The van der Waals surface area contributed by atoms with E-state index in [2.05, 4.69) is 20.2 Å². The number of aliphatic imine (C=N–C) groups is 1. The molecule has 0 aliphatic carbocycles. The van der Waals surface area contributed by atoms with Crippen LogP contribution in [0.3, 0.4) is 0 Å². The van der Waals surface area contributed by atoms with Gasteiger partial charge in [-0.05, 0) is 12.5 Å². The van der Waals surface area contributed by atoms with E-state index in [1.54, 1.807) is 14.2 Å². The fraction of sp³-hybridized carbons (Fsp3) is 0.600. The van der Waals surface area contributed by atoms with Crippen molar-refractivity contribution >= 4 is 5.96 Å². The molecule has 0 aromatic carbocycles. The average Bonchev–Trinajstić information content (AvgIpc) is 2.97. The molecule has 6 nitrogen and oxygen atoms in total. The standard InChI is InChI=1S/C15H24N4O2/c1-16-15(19-8-7-12(10-19)11-20-2)17-9-13-5-4-6-14(18-13)21-3/h4-6,12H,7-11H2,1-3H3,(H,16,17). The zero-order valence-corrected chi connectivity index (χ0v) is 13.0. The smallest absolute Gasteiger partial charge is 0.213 e. The molecule has 1 atom stereocenters. The molecule has 21 heavy (non-hydrogen) atoms. The highest BCUT2D eigenvalue weighted by molar-refractivity contribution is 5.80. The number of nitrogens with one attached hydrogen (secondary N) is 1. The lowest BCUT2D eigenvalue weighted by Crippen LogP contribution is -2.40. The first-order valence-electron chi connectivity index (χ1n) is 7.21. The molecule has 1 aliphatic heterocycles. The van der Waals surface area contributed by atoms with Crippen LogP contribution in [0.5, 0.6) is 5.88 Å². The number of pyridine rings is 1. The van der Waals surface area contributed by atoms with Gasteiger partial charge in [-0.15, -0.1) is 0 Å². The summed E-state index contributed by atoms with van der Waals surface area (Å²) in [4.78, 5) is 11.0. The minimum Gasteiger partial charge on any atom is -0.481 e. The maximum atomic E-state index is 5.23. The molecule has 0 amide bonds. The normalized spacial score (nSPS) is 18.9. The average molecular weight is 292 g/mol. The Kier molecular flexibility index (Phi) is 5.80. The molecular weight excluding hydrogens is 268 g/mol. The molecule has 0 saturated carbocycles. The van der Waals surface area contributed by atoms with Gasteiger partial charge in [0.05, 0.1) is 26.0 Å². The van der Waals surface area contributed by atoms with Gasteiger partial charge in [0.25, 0.3) is 0 Å². The molecule has 0 radical (unpaired) electrons. The van der Waals surface area contributed by atoms with Crippen LogP contribution in [0.15, 0.2) is 23.2 Å². The number of nitrogens with zero attached hydrogens (tertiary/aromatic N) is 3. The van der Waals surface area contributed by atoms with Crippen molar-refractivity contribution in [1.82, 2.24) is 15.2 Å². The molecule has 2 heterocycles. The predicted octanol–water partition coefficient (Wildman–Crippen LogP) is 1.13. The summed E-state index contributed by atoms with van der Waals surface area (Å²) < 4.78 is 10.4. The maximum absolute atomic E-state index is 5.23. The van der Waals surface area contributed by atoms with Crippen molar-refractivity contribution in [2.45, 2.75) is 13.0 Å². The van der Waals surface area contributed by atoms with E-state index in [4.69, 9.17) is 9.47 Å². The monoisotopic (exact) mass is 292 g/mol. The topological polar surface area (TPSA) is 59.0 Å². The van der Waals surface area contributed by atoms with Gasteiger partial charge in [-0.2, -0.15) is 0 Å². The molecule has 1 N–H and O–H groups in total. The van der Waals surface area contributed by atoms with Crippen LogP contribution in [0.2, 0.25) is 0 Å². The summed E-state index contributed by atoms with van der Waals surface area (Å²) in [6.45, 7) is 3.44. The van der Waals surface area contributed by atoms with Gasteiger partial charge in [0.15, 0.2) is 5.96 Å². The Balaban J connectivity index is 1.88. The van der Waals surface area contributed by atoms with E-state index in [0.29, 0.717) is 18.3 Å². The summed E-state index contributed by atoms with van der Waals surface area (Å²) in [5.41, 5.74) is 0.933. The third-order valence-electron chi connectivity index (χ3n) is 3.62. The third kappa shape index (κ3) is 4.32. The molecular formula is C15H24N4O2. The van der Waals surface area contributed by atoms with Crippen LogP contribution in [0.1, 0.15) is 12.1 Å². The van der Waals surface area contributed by atoms with Gasteiger partial charge in [0.2, 0.25) is 5.88 Å². The SMILES string of the molecule is CN=C(NCc1cccc(OC)n1)N1CCC(COC)C1. The summed E-state index contributed by atoms with van der Waals surface area (Å²) in [6.07, 6.45) is 1.14. The van der Waals surface area contributed by atoms with Crippen LogP contribution in [0.4, 0.5) is 0 Å². The highest BCUT2D eigenvalue weighted by Crippen LogP contribution is 2.16. The summed E-state index contributed by atoms with van der Waals surface area (Å²) in [5.74, 6) is 2.13. The van der Waals surface area contributed by atoms with E-state index in [1.165, 1.54) is 0 Å². The fourth-order valence-corrected chi connectivity index (χ4v) is 2.57. The second-order valence-electron chi connectivity index (χ2n) is 5.13. The first-order valence-corrected chi connectivity index (χ1v) is 7.21. The minimum absolute atomic E-state index is 0.587. The molecule has 116 valence electrons. The zero-order chi connectivity index (χ0) is 15.1. The molecule has 0 bridgehead atoms. The number of aromatic nitrogens is 1. The Labute approximate surface area is 126 Å². The third-order valence-corrected chi connectivity index (χ3v) is 3.62. The number of methoxy groups -OCH3 is 2. The van der Waals surface area contributed by atoms with E-state index in [-0.39, 0.29) is 0 Å². The lowest BCUT2D eigenvalue weighted by atomic mass is 10.1. The Morgan fingerprint density at radius 2 is 2.33 bits per heavy atom. The first kappa shape index (κ1) is 15.6. The van der Waals surface area contributed by atoms with Gasteiger partial charge in [0.1, 0.15) is 0 Å². The van der Waals surface area contributed by atoms with Crippen molar-refractivity contribution in [3.05, 3.63) is 23.9 Å². The summed E-state index contributed by atoms with van der Waals surface area (Å²) in [6, 6.07) is 5.75. The van der Waals surface area contributed by atoms with Crippen molar-refractivity contribution in [3.8, 4) is 5.88 Å². The van der Waals surface area contributed by atoms with Crippen molar-refractivity contribution in [2.24, 2.45) is 10.9 Å². The van der Waals surface area contributed by atoms with Crippen LogP contribution in [0, 0.1) is 5.92 Å². The van der Waals surface area contributed by atoms with Crippen molar-refractivity contribution in [1.29, 1.82) is 0 Å². The molecule has 1 aliphatic rings. The van der Waals surface area contributed by atoms with Gasteiger partial charge < -0.3 is 19.7 Å². The number of likely N-dealkylation sites (tertiary alicyclic amines) is 1. The largest absolute Gasteiger partial charge is 0.481 e. The summed E-state index contributed by atoms with van der Waals surface area (Å²) in [5, 5.41) is 3.36. The molecule has 1 aromatic heterocycles. The van der Waals surface area contributed by atoms with Gasteiger partial charge in [-0.25, -0.2) is 4.98 Å². The Hall–Kier alpha value is -1.82. The van der Waals surface area contributed by atoms with Crippen LogP contribution >= 0.6 is 0 Å². The molecule has 6 heteroatoms. The van der Waals surface area contributed by atoms with Gasteiger partial charge in [-0.3, -0.25) is 4.99 Å². The maximum Gasteiger partial charge on any atom is 0.213 e. The van der Waals surface area contributed by atoms with Crippen molar-refractivity contribution < 1.29 is 9.47 Å². The molecule has 2 rings (SSSR count). The van der Waals surface area contributed by atoms with Crippen LogP contribution in [-0.2, 0) is 11.3 Å². The van der Waals surface area contributed by atoms with E-state index in [9.17, 15) is 0 Å². The van der Waals surface area contributed by atoms with Crippen LogP contribution in [0.25, 0.3) is 0 Å². The lowest BCUT2D eigenvalue weighted by molar-refractivity contribution is 0.157. The highest BCUT2D eigenvalue weighted by atomic mass is 16.5. The van der Waals surface area contributed by atoms with Crippen LogP contribution in [-0.4, -0.2) is 56.8 Å². The van der Waals surface area contributed by atoms with Gasteiger partial charge in [0, 0.05) is 39.2 Å². The summed E-state index contributed by atoms with van der Waals surface area (Å²) in [7, 11) is 5.19. The molecule has 1 unspecified atom stereocenters. The van der Waals surface area contributed by atoms with Crippen LogP contribution < -0.4 is 10.1 Å². The number of hydrogen-bond donors (Lipinski definition) is 1. The second kappa shape index (κ2) is 7.83. The lowest BCUT2D eigenvalue weighted by Gasteiger charge is -2.21. The molecule has 1 fully saturated rings. The molecule has 0 spiro atoms. The Bertz CT molecular complexity index is 478. The quantitative estimate of drug-likeness (QED) is 0.651. The number of hydrogen-bond acceptors (Lipinski definition) is 4.